The van der Waals surface area contributed by atoms with E-state index < -0.39 is 0 Å². The minimum atomic E-state index is -0.357. The molecule has 4 heteroatoms. The lowest BCUT2D eigenvalue weighted by molar-refractivity contribution is -0.146. The number of halogens is 2. The zero-order valence-electron chi connectivity index (χ0n) is 8.87. The second kappa shape index (κ2) is 5.92. The summed E-state index contributed by atoms with van der Waals surface area (Å²) in [6.45, 7) is 4.99. The van der Waals surface area contributed by atoms with Crippen LogP contribution in [-0.4, -0.2) is 5.97 Å². The highest BCUT2D eigenvalue weighted by atomic mass is 35.5. The van der Waals surface area contributed by atoms with Gasteiger partial charge in [-0.3, -0.25) is 4.79 Å². The lowest BCUT2D eigenvalue weighted by atomic mass is 10.1. The van der Waals surface area contributed by atoms with Gasteiger partial charge in [-0.2, -0.15) is 0 Å². The lowest BCUT2D eigenvalue weighted by Crippen LogP contribution is -2.07. The number of carbonyl (C=O) groups is 1. The predicted molar refractivity (Wildman–Crippen MR) is 65.8 cm³/mol. The van der Waals surface area contributed by atoms with E-state index in [0.29, 0.717) is 16.5 Å². The highest BCUT2D eigenvalue weighted by Crippen LogP contribution is 2.29. The van der Waals surface area contributed by atoms with Crippen LogP contribution in [0.15, 0.2) is 30.9 Å². The number of ether oxygens (including phenoxy) is 1. The fourth-order valence-electron chi connectivity index (χ4n) is 1.32. The quantitative estimate of drug-likeness (QED) is 0.599. The molecule has 0 saturated carbocycles. The first kappa shape index (κ1) is 13.1. The van der Waals surface area contributed by atoms with Crippen molar-refractivity contribution in [2.75, 3.05) is 0 Å². The van der Waals surface area contributed by atoms with Crippen LogP contribution in [-0.2, 0) is 9.53 Å². The van der Waals surface area contributed by atoms with Crippen LogP contribution in [0.5, 0.6) is 0 Å². The molecule has 0 aliphatic heterocycles. The third kappa shape index (κ3) is 3.54. The molecule has 0 unspecified atom stereocenters. The van der Waals surface area contributed by atoms with Gasteiger partial charge in [0.25, 0.3) is 0 Å². The van der Waals surface area contributed by atoms with E-state index in [0.717, 1.165) is 5.56 Å². The van der Waals surface area contributed by atoms with Crippen molar-refractivity contribution in [1.82, 2.24) is 0 Å². The fourth-order valence-corrected chi connectivity index (χ4v) is 1.62. The molecule has 1 aromatic carbocycles. The molecule has 0 N–H and O–H groups in total. The number of hydrogen-bond donors (Lipinski definition) is 0. The average molecular weight is 259 g/mol. The molecular formula is C12H12Cl2O2. The third-order valence-corrected chi connectivity index (χ3v) is 2.74. The van der Waals surface area contributed by atoms with Gasteiger partial charge in [-0.15, -0.1) is 6.58 Å². The van der Waals surface area contributed by atoms with E-state index >= 15 is 0 Å². The maximum Gasteiger partial charge on any atom is 0.303 e. The van der Waals surface area contributed by atoms with Gasteiger partial charge in [-0.1, -0.05) is 35.3 Å². The SMILES string of the molecule is C=CC[C@H](OC(C)=O)c1ccc(Cl)c(Cl)c1. The van der Waals surface area contributed by atoms with Gasteiger partial charge in [0.15, 0.2) is 0 Å². The van der Waals surface area contributed by atoms with Gasteiger partial charge in [-0.05, 0) is 17.7 Å². The zero-order valence-corrected chi connectivity index (χ0v) is 10.4. The molecule has 0 radical (unpaired) electrons. The second-order valence-electron chi connectivity index (χ2n) is 3.30. The summed E-state index contributed by atoms with van der Waals surface area (Å²) in [7, 11) is 0. The summed E-state index contributed by atoms with van der Waals surface area (Å²) in [4.78, 5) is 10.9. The van der Waals surface area contributed by atoms with E-state index in [1.54, 1.807) is 24.3 Å². The minimum absolute atomic E-state index is 0.335. The van der Waals surface area contributed by atoms with Crippen molar-refractivity contribution < 1.29 is 9.53 Å². The van der Waals surface area contributed by atoms with Crippen LogP contribution in [0.25, 0.3) is 0 Å². The Morgan fingerprint density at radius 2 is 2.19 bits per heavy atom. The summed E-state index contributed by atoms with van der Waals surface area (Å²) in [6.07, 6.45) is 1.87. The van der Waals surface area contributed by atoms with E-state index in [1.165, 1.54) is 6.92 Å². The smallest absolute Gasteiger partial charge is 0.303 e. The van der Waals surface area contributed by atoms with Crippen molar-refractivity contribution in [1.29, 1.82) is 0 Å². The maximum absolute atomic E-state index is 10.9. The Morgan fingerprint density at radius 1 is 1.50 bits per heavy atom. The summed E-state index contributed by atoms with van der Waals surface area (Å²) in [5.74, 6) is -0.335. The normalized spacial score (nSPS) is 11.9. The van der Waals surface area contributed by atoms with Gasteiger partial charge in [0.05, 0.1) is 10.0 Å². The predicted octanol–water partition coefficient (Wildman–Crippen LogP) is 4.17. The number of carbonyl (C=O) groups excluding carboxylic acids is 1. The Balaban J connectivity index is 2.95. The number of rotatable bonds is 4. The molecule has 0 aliphatic carbocycles. The van der Waals surface area contributed by atoms with E-state index in [9.17, 15) is 4.79 Å². The first-order valence-corrected chi connectivity index (χ1v) is 5.53. The molecule has 1 aromatic rings. The van der Waals surface area contributed by atoms with Crippen molar-refractivity contribution in [3.05, 3.63) is 46.5 Å². The van der Waals surface area contributed by atoms with Gasteiger partial charge in [-0.25, -0.2) is 0 Å². The van der Waals surface area contributed by atoms with E-state index in [-0.39, 0.29) is 12.1 Å². The molecule has 0 aliphatic rings. The van der Waals surface area contributed by atoms with Gasteiger partial charge in [0.1, 0.15) is 6.10 Å². The van der Waals surface area contributed by atoms with Crippen LogP contribution >= 0.6 is 23.2 Å². The first-order chi connectivity index (χ1) is 7.54. The second-order valence-corrected chi connectivity index (χ2v) is 4.11. The highest BCUT2D eigenvalue weighted by Gasteiger charge is 2.14. The molecule has 0 spiro atoms. The van der Waals surface area contributed by atoms with Crippen molar-refractivity contribution in [3.8, 4) is 0 Å². The van der Waals surface area contributed by atoms with Crippen molar-refractivity contribution in [2.45, 2.75) is 19.4 Å². The molecule has 0 heterocycles. The van der Waals surface area contributed by atoms with E-state index in [1.807, 2.05) is 0 Å². The summed E-state index contributed by atoms with van der Waals surface area (Å²) >= 11 is 11.7. The Bertz CT molecular complexity index is 402. The van der Waals surface area contributed by atoms with Crippen molar-refractivity contribution in [2.24, 2.45) is 0 Å². The summed E-state index contributed by atoms with van der Waals surface area (Å²) < 4.78 is 5.16. The Labute approximate surface area is 105 Å². The van der Waals surface area contributed by atoms with Crippen LogP contribution in [0.2, 0.25) is 10.0 Å². The largest absolute Gasteiger partial charge is 0.457 e. The highest BCUT2D eigenvalue weighted by molar-refractivity contribution is 6.42. The van der Waals surface area contributed by atoms with Gasteiger partial charge in [0, 0.05) is 13.3 Å². The van der Waals surface area contributed by atoms with Gasteiger partial charge < -0.3 is 4.74 Å². The van der Waals surface area contributed by atoms with Gasteiger partial charge >= 0.3 is 5.97 Å². The number of esters is 1. The molecule has 1 atom stereocenters. The monoisotopic (exact) mass is 258 g/mol. The Hall–Kier alpha value is -0.990. The third-order valence-electron chi connectivity index (χ3n) is 2.00. The Morgan fingerprint density at radius 3 is 2.69 bits per heavy atom. The van der Waals surface area contributed by atoms with E-state index in [4.69, 9.17) is 27.9 Å². The minimum Gasteiger partial charge on any atom is -0.457 e. The van der Waals surface area contributed by atoms with Crippen LogP contribution in [0.4, 0.5) is 0 Å². The molecule has 86 valence electrons. The maximum atomic E-state index is 10.9. The van der Waals surface area contributed by atoms with Crippen LogP contribution < -0.4 is 0 Å². The Kier molecular flexibility index (Phi) is 4.84. The molecule has 16 heavy (non-hydrogen) atoms. The number of benzene rings is 1. The molecule has 1 rings (SSSR count). The summed E-state index contributed by atoms with van der Waals surface area (Å²) in [5, 5.41) is 0.922. The number of hydrogen-bond acceptors (Lipinski definition) is 2. The standard InChI is InChI=1S/C12H12Cl2O2/c1-3-4-12(16-8(2)15)9-5-6-10(13)11(14)7-9/h3,5-7,12H,1,4H2,2H3/t12-/m0/s1. The van der Waals surface area contributed by atoms with Crippen LogP contribution in [0.1, 0.15) is 25.0 Å². The topological polar surface area (TPSA) is 26.3 Å². The van der Waals surface area contributed by atoms with Crippen molar-refractivity contribution >= 4 is 29.2 Å². The molecule has 0 aromatic heterocycles. The van der Waals surface area contributed by atoms with Crippen LogP contribution in [0.3, 0.4) is 0 Å². The summed E-state index contributed by atoms with van der Waals surface area (Å²) in [6, 6.07) is 5.16. The molecule has 0 amide bonds. The van der Waals surface area contributed by atoms with Crippen molar-refractivity contribution in [3.63, 3.8) is 0 Å². The zero-order chi connectivity index (χ0) is 12.1. The molecule has 0 fully saturated rings. The molecule has 0 saturated heterocycles. The average Bonchev–Trinajstić information content (AvgIpc) is 2.21. The molecule has 0 bridgehead atoms. The lowest BCUT2D eigenvalue weighted by Gasteiger charge is -2.16. The fraction of sp³-hybridized carbons (Fsp3) is 0.250. The first-order valence-electron chi connectivity index (χ1n) is 4.77. The summed E-state index contributed by atoms with van der Waals surface area (Å²) in [5.41, 5.74) is 0.810. The molecule has 2 nitrogen and oxygen atoms in total. The van der Waals surface area contributed by atoms with Gasteiger partial charge in [0.2, 0.25) is 0 Å². The van der Waals surface area contributed by atoms with E-state index in [2.05, 4.69) is 6.58 Å². The van der Waals surface area contributed by atoms with Crippen LogP contribution in [0, 0.1) is 0 Å². The molecular weight excluding hydrogens is 247 g/mol.